The molecule has 230 valence electrons. The Balaban J connectivity index is 1.26. The molecule has 1 unspecified atom stereocenters. The second-order valence-electron chi connectivity index (χ2n) is 11.1. The fourth-order valence-electron chi connectivity index (χ4n) is 5.43. The highest BCUT2D eigenvalue weighted by atomic mass is 16.5. The molecule has 0 bridgehead atoms. The minimum Gasteiger partial charge on any atom is -0.491 e. The van der Waals surface area contributed by atoms with Crippen LogP contribution in [0, 0.1) is 11.8 Å². The number of hydrogen-bond donors (Lipinski definition) is 4. The number of aromatic nitrogens is 4. The third kappa shape index (κ3) is 8.27. The Morgan fingerprint density at radius 1 is 0.909 bits per heavy atom. The maximum atomic E-state index is 13.6. The number of aromatic amines is 1. The summed E-state index contributed by atoms with van der Waals surface area (Å²) in [5, 5.41) is 20.0. The molecule has 0 aliphatic heterocycles. The average Bonchev–Trinajstić information content (AvgIpc) is 3.61. The first kappa shape index (κ1) is 30.8. The quantitative estimate of drug-likeness (QED) is 0.169. The number of amides is 2. The molecule has 3 aromatic carbocycles. The summed E-state index contributed by atoms with van der Waals surface area (Å²) in [5.41, 5.74) is 10.2. The number of ether oxygens (including phenoxy) is 2. The molecule has 1 fully saturated rings. The molecule has 0 spiro atoms. The Kier molecular flexibility index (Phi) is 10.7. The van der Waals surface area contributed by atoms with Crippen molar-refractivity contribution in [2.24, 2.45) is 17.6 Å². The molecule has 44 heavy (non-hydrogen) atoms. The molecule has 11 heteroatoms. The zero-order chi connectivity index (χ0) is 30.7. The summed E-state index contributed by atoms with van der Waals surface area (Å²) in [7, 11) is 1.64. The Bertz CT molecular complexity index is 1470. The van der Waals surface area contributed by atoms with Gasteiger partial charge in [0.15, 0.2) is 0 Å². The van der Waals surface area contributed by atoms with Gasteiger partial charge in [0.2, 0.25) is 17.6 Å². The Labute approximate surface area is 256 Å². The standard InChI is InChI=1S/C33H39N7O4/c1-43-18-19-44-29-16-12-25(13-17-29)24-6-2-22(3-7-24)20-30(36-32(41)27-8-4-23(21-34)5-9-27)33(42)35-28-14-10-26(11-15-28)31-37-39-40-38-31/h2-3,6-7,10-17,23,27,30H,4-5,8-9,18-21,34H2,1H3,(H,35,42)(H,36,41)(H,37,38,39,40). The molecule has 1 aliphatic carbocycles. The van der Waals surface area contributed by atoms with Gasteiger partial charge in [-0.15, -0.1) is 10.2 Å². The van der Waals surface area contributed by atoms with Crippen LogP contribution in [0.25, 0.3) is 22.5 Å². The molecule has 4 aromatic rings. The van der Waals surface area contributed by atoms with Crippen molar-refractivity contribution in [3.05, 3.63) is 78.4 Å². The molecule has 1 atom stereocenters. The minimum absolute atomic E-state index is 0.0856. The zero-order valence-electron chi connectivity index (χ0n) is 24.9. The summed E-state index contributed by atoms with van der Waals surface area (Å²) in [6.45, 7) is 1.68. The number of hydrogen-bond acceptors (Lipinski definition) is 8. The van der Waals surface area contributed by atoms with E-state index in [0.29, 0.717) is 43.6 Å². The third-order valence-corrected chi connectivity index (χ3v) is 8.08. The van der Waals surface area contributed by atoms with Crippen LogP contribution in [-0.4, -0.2) is 65.3 Å². The lowest BCUT2D eigenvalue weighted by Gasteiger charge is -2.28. The third-order valence-electron chi connectivity index (χ3n) is 8.08. The van der Waals surface area contributed by atoms with Gasteiger partial charge < -0.3 is 25.8 Å². The summed E-state index contributed by atoms with van der Waals surface area (Å²) in [5.74, 6) is 1.23. The van der Waals surface area contributed by atoms with Gasteiger partial charge in [-0.2, -0.15) is 5.21 Å². The van der Waals surface area contributed by atoms with Gasteiger partial charge in [0.05, 0.1) is 6.61 Å². The van der Waals surface area contributed by atoms with Gasteiger partial charge in [-0.3, -0.25) is 9.59 Å². The number of carbonyl (C=O) groups is 2. The number of carbonyl (C=O) groups excluding carboxylic acids is 2. The Morgan fingerprint density at radius 3 is 2.18 bits per heavy atom. The number of rotatable bonds is 13. The van der Waals surface area contributed by atoms with Crippen molar-refractivity contribution in [3.8, 4) is 28.3 Å². The van der Waals surface area contributed by atoms with Crippen LogP contribution in [-0.2, 0) is 20.7 Å². The lowest BCUT2D eigenvalue weighted by atomic mass is 9.81. The largest absolute Gasteiger partial charge is 0.491 e. The molecule has 1 aliphatic rings. The summed E-state index contributed by atoms with van der Waals surface area (Å²) >= 11 is 0. The van der Waals surface area contributed by atoms with Gasteiger partial charge in [0.25, 0.3) is 0 Å². The first-order valence-corrected chi connectivity index (χ1v) is 15.0. The van der Waals surface area contributed by atoms with Crippen molar-refractivity contribution in [1.29, 1.82) is 0 Å². The monoisotopic (exact) mass is 597 g/mol. The van der Waals surface area contributed by atoms with Crippen molar-refractivity contribution in [1.82, 2.24) is 25.9 Å². The van der Waals surface area contributed by atoms with E-state index in [0.717, 1.165) is 53.7 Å². The van der Waals surface area contributed by atoms with Gasteiger partial charge in [-0.25, -0.2) is 0 Å². The fraction of sp³-hybridized carbons (Fsp3) is 0.364. The first-order valence-electron chi connectivity index (χ1n) is 15.0. The van der Waals surface area contributed by atoms with Crippen LogP contribution in [0.1, 0.15) is 31.2 Å². The van der Waals surface area contributed by atoms with E-state index in [4.69, 9.17) is 15.2 Å². The number of methoxy groups -OCH3 is 1. The second-order valence-corrected chi connectivity index (χ2v) is 11.1. The van der Waals surface area contributed by atoms with Crippen LogP contribution in [0.2, 0.25) is 0 Å². The Hall–Kier alpha value is -4.61. The van der Waals surface area contributed by atoms with Gasteiger partial charge >= 0.3 is 0 Å². The zero-order valence-corrected chi connectivity index (χ0v) is 24.9. The second kappa shape index (κ2) is 15.2. The van der Waals surface area contributed by atoms with Crippen LogP contribution in [0.4, 0.5) is 5.69 Å². The lowest BCUT2D eigenvalue weighted by Crippen LogP contribution is -2.48. The molecule has 2 amide bonds. The highest BCUT2D eigenvalue weighted by Gasteiger charge is 2.29. The highest BCUT2D eigenvalue weighted by Crippen LogP contribution is 2.29. The molecule has 11 nitrogen and oxygen atoms in total. The summed E-state index contributed by atoms with van der Waals surface area (Å²) in [4.78, 5) is 26.9. The van der Waals surface area contributed by atoms with E-state index < -0.39 is 6.04 Å². The van der Waals surface area contributed by atoms with Crippen molar-refractivity contribution < 1.29 is 19.1 Å². The lowest BCUT2D eigenvalue weighted by molar-refractivity contribution is -0.130. The summed E-state index contributed by atoms with van der Waals surface area (Å²) in [6, 6.07) is 22.4. The molecule has 5 rings (SSSR count). The van der Waals surface area contributed by atoms with E-state index >= 15 is 0 Å². The topological polar surface area (TPSA) is 157 Å². The number of benzene rings is 3. The van der Waals surface area contributed by atoms with Crippen molar-refractivity contribution in [2.75, 3.05) is 32.2 Å². The SMILES string of the molecule is COCCOc1ccc(-c2ccc(CC(NC(=O)C3CCC(CN)CC3)C(=O)Nc3ccc(-c4nn[nH]n4)cc3)cc2)cc1. The number of nitrogens with one attached hydrogen (secondary N) is 3. The number of tetrazole rings is 1. The normalized spacial score (nSPS) is 17.0. The first-order chi connectivity index (χ1) is 21.5. The smallest absolute Gasteiger partial charge is 0.247 e. The van der Waals surface area contributed by atoms with E-state index in [9.17, 15) is 9.59 Å². The number of anilines is 1. The van der Waals surface area contributed by atoms with Gasteiger partial charge in [0, 0.05) is 30.7 Å². The van der Waals surface area contributed by atoms with Gasteiger partial charge in [-0.1, -0.05) is 36.4 Å². The molecular formula is C33H39N7O4. The molecule has 1 saturated carbocycles. The van der Waals surface area contributed by atoms with Crippen molar-refractivity contribution in [3.63, 3.8) is 0 Å². The van der Waals surface area contributed by atoms with Crippen LogP contribution in [0.5, 0.6) is 5.75 Å². The number of nitrogens with two attached hydrogens (primary N) is 1. The van der Waals surface area contributed by atoms with Crippen molar-refractivity contribution in [2.45, 2.75) is 38.1 Å². The molecule has 1 heterocycles. The van der Waals surface area contributed by atoms with E-state index in [1.807, 2.05) is 48.5 Å². The molecule has 1 aromatic heterocycles. The molecule has 0 radical (unpaired) electrons. The highest BCUT2D eigenvalue weighted by molar-refractivity contribution is 5.97. The Morgan fingerprint density at radius 2 is 1.57 bits per heavy atom. The van der Waals surface area contributed by atoms with E-state index in [1.54, 1.807) is 31.4 Å². The van der Waals surface area contributed by atoms with Crippen LogP contribution in [0.3, 0.4) is 0 Å². The number of H-pyrrole nitrogens is 1. The molecule has 5 N–H and O–H groups in total. The van der Waals surface area contributed by atoms with Crippen LogP contribution >= 0.6 is 0 Å². The van der Waals surface area contributed by atoms with E-state index in [2.05, 4.69) is 31.3 Å². The number of nitrogens with zero attached hydrogens (tertiary/aromatic N) is 3. The predicted molar refractivity (Wildman–Crippen MR) is 168 cm³/mol. The molecule has 0 saturated heterocycles. The van der Waals surface area contributed by atoms with E-state index in [-0.39, 0.29) is 17.7 Å². The molecular weight excluding hydrogens is 558 g/mol. The maximum absolute atomic E-state index is 13.6. The maximum Gasteiger partial charge on any atom is 0.247 e. The van der Waals surface area contributed by atoms with Crippen LogP contribution < -0.4 is 21.1 Å². The predicted octanol–water partition coefficient (Wildman–Crippen LogP) is 3.99. The van der Waals surface area contributed by atoms with Crippen LogP contribution in [0.15, 0.2) is 72.8 Å². The summed E-state index contributed by atoms with van der Waals surface area (Å²) < 4.78 is 10.7. The van der Waals surface area contributed by atoms with Gasteiger partial charge in [-0.05, 0) is 96.4 Å². The average molecular weight is 598 g/mol. The van der Waals surface area contributed by atoms with Gasteiger partial charge in [0.1, 0.15) is 18.4 Å². The fourth-order valence-corrected chi connectivity index (χ4v) is 5.43. The summed E-state index contributed by atoms with van der Waals surface area (Å²) in [6.07, 6.45) is 3.78. The minimum atomic E-state index is -0.749. The van der Waals surface area contributed by atoms with Crippen molar-refractivity contribution >= 4 is 17.5 Å². The van der Waals surface area contributed by atoms with E-state index in [1.165, 1.54) is 0 Å².